The van der Waals surface area contributed by atoms with E-state index < -0.39 is 0 Å². The maximum Gasteiger partial charge on any atom is 0.130 e. The molecule has 0 aliphatic rings. The Kier molecular flexibility index (Phi) is 6.25. The molecule has 0 atom stereocenters. The second kappa shape index (κ2) is 9.14. The summed E-state index contributed by atoms with van der Waals surface area (Å²) in [5.41, 5.74) is 7.60. The van der Waals surface area contributed by atoms with Crippen LogP contribution in [-0.2, 0) is 12.8 Å². The quantitative estimate of drug-likeness (QED) is 0.274. The molecule has 4 aromatic carbocycles. The minimum absolute atomic E-state index is 0.0499. The highest BCUT2D eigenvalue weighted by molar-refractivity contribution is 5.76. The molecule has 4 heteroatoms. The second-order valence-electron chi connectivity index (χ2n) is 9.14. The van der Waals surface area contributed by atoms with Gasteiger partial charge >= 0.3 is 0 Å². The largest absolute Gasteiger partial charge is 0.507 e. The predicted molar refractivity (Wildman–Crippen MR) is 136 cm³/mol. The molecule has 0 unspecified atom stereocenters. The van der Waals surface area contributed by atoms with Gasteiger partial charge in [-0.25, -0.2) is 0 Å². The molecule has 0 aliphatic heterocycles. The molecular weight excluding hydrogens is 424 g/mol. The van der Waals surface area contributed by atoms with Crippen LogP contribution in [0.1, 0.15) is 44.5 Å². The summed E-state index contributed by atoms with van der Waals surface area (Å²) >= 11 is 0. The molecule has 0 saturated carbocycles. The van der Waals surface area contributed by atoms with Gasteiger partial charge in [-0.1, -0.05) is 54.6 Å². The molecule has 0 fully saturated rings. The Bertz CT molecular complexity index is 1320. The van der Waals surface area contributed by atoms with Crippen LogP contribution >= 0.6 is 0 Å². The molecule has 4 nitrogen and oxygen atoms in total. The van der Waals surface area contributed by atoms with Crippen molar-refractivity contribution in [2.75, 3.05) is 0 Å². The third-order valence-corrected chi connectivity index (χ3v) is 6.41. The topological polar surface area (TPSA) is 80.9 Å². The Morgan fingerprint density at radius 3 is 1.50 bits per heavy atom. The van der Waals surface area contributed by atoms with E-state index >= 15 is 0 Å². The molecule has 0 aromatic heterocycles. The Labute approximate surface area is 200 Å². The average Bonchev–Trinajstić information content (AvgIpc) is 2.81. The van der Waals surface area contributed by atoms with Crippen molar-refractivity contribution in [1.82, 2.24) is 0 Å². The Morgan fingerprint density at radius 1 is 0.529 bits per heavy atom. The first-order valence-corrected chi connectivity index (χ1v) is 11.4. The van der Waals surface area contributed by atoms with Gasteiger partial charge in [-0.3, -0.25) is 0 Å². The standard InChI is InChI=1S/C30H30O4/c1-17-10-21(11-18(2)27(17)31)14-24-16-25(23-8-6-5-7-9-23)30(34)26(29(24)33)15-22-12-19(3)28(32)20(4)13-22/h5-13,16,31-34H,14-15H2,1-4H3. The number of phenols is 4. The van der Waals surface area contributed by atoms with Crippen molar-refractivity contribution in [3.8, 4) is 34.1 Å². The Morgan fingerprint density at radius 2 is 1.00 bits per heavy atom. The summed E-state index contributed by atoms with van der Waals surface area (Å²) in [7, 11) is 0. The monoisotopic (exact) mass is 454 g/mol. The smallest absolute Gasteiger partial charge is 0.130 e. The predicted octanol–water partition coefficient (Wildman–Crippen LogP) is 6.59. The number of rotatable bonds is 5. The molecule has 0 aliphatic carbocycles. The SMILES string of the molecule is Cc1cc(Cc2cc(-c3ccccc3)c(O)c(Cc3cc(C)c(O)c(C)c3)c2O)cc(C)c1O. The molecule has 0 saturated heterocycles. The van der Waals surface area contributed by atoms with E-state index in [0.29, 0.717) is 29.5 Å². The first kappa shape index (κ1) is 23.2. The van der Waals surface area contributed by atoms with Crippen molar-refractivity contribution in [2.45, 2.75) is 40.5 Å². The summed E-state index contributed by atoms with van der Waals surface area (Å²) in [4.78, 5) is 0. The molecular formula is C30H30O4. The Balaban J connectivity index is 1.87. The molecule has 0 bridgehead atoms. The van der Waals surface area contributed by atoms with E-state index in [2.05, 4.69) is 0 Å². The third kappa shape index (κ3) is 4.44. The zero-order chi connectivity index (χ0) is 24.6. The van der Waals surface area contributed by atoms with Crippen LogP contribution in [0.5, 0.6) is 23.0 Å². The van der Waals surface area contributed by atoms with Gasteiger partial charge in [0.25, 0.3) is 0 Å². The molecule has 0 heterocycles. The van der Waals surface area contributed by atoms with Crippen LogP contribution in [0.25, 0.3) is 11.1 Å². The van der Waals surface area contributed by atoms with Gasteiger partial charge in [0.15, 0.2) is 0 Å². The van der Waals surface area contributed by atoms with Gasteiger partial charge in [0, 0.05) is 24.0 Å². The van der Waals surface area contributed by atoms with Crippen molar-refractivity contribution >= 4 is 0 Å². The molecule has 0 amide bonds. The van der Waals surface area contributed by atoms with E-state index in [0.717, 1.165) is 38.9 Å². The zero-order valence-corrected chi connectivity index (χ0v) is 20.0. The van der Waals surface area contributed by atoms with Crippen LogP contribution in [0.3, 0.4) is 0 Å². The van der Waals surface area contributed by atoms with Crippen LogP contribution in [0.4, 0.5) is 0 Å². The molecule has 34 heavy (non-hydrogen) atoms. The van der Waals surface area contributed by atoms with Crippen molar-refractivity contribution in [1.29, 1.82) is 0 Å². The minimum Gasteiger partial charge on any atom is -0.507 e. The second-order valence-corrected chi connectivity index (χ2v) is 9.14. The fourth-order valence-electron chi connectivity index (χ4n) is 4.64. The van der Waals surface area contributed by atoms with Gasteiger partial charge in [-0.05, 0) is 78.3 Å². The fraction of sp³-hybridized carbons (Fsp3) is 0.200. The highest BCUT2D eigenvalue weighted by atomic mass is 16.3. The summed E-state index contributed by atoms with van der Waals surface area (Å²) < 4.78 is 0. The maximum absolute atomic E-state index is 11.3. The van der Waals surface area contributed by atoms with Gasteiger partial charge in [0.2, 0.25) is 0 Å². The summed E-state index contributed by atoms with van der Waals surface area (Å²) in [5.74, 6) is 0.647. The number of aromatic hydroxyl groups is 4. The highest BCUT2D eigenvalue weighted by Crippen LogP contribution is 2.42. The summed E-state index contributed by atoms with van der Waals surface area (Å²) in [6.07, 6.45) is 0.773. The first-order valence-electron chi connectivity index (χ1n) is 11.4. The molecule has 4 rings (SSSR count). The normalized spacial score (nSPS) is 11.1. The van der Waals surface area contributed by atoms with Crippen LogP contribution in [0.15, 0.2) is 60.7 Å². The number of benzene rings is 4. The van der Waals surface area contributed by atoms with Crippen LogP contribution in [-0.4, -0.2) is 20.4 Å². The van der Waals surface area contributed by atoms with Gasteiger partial charge in [-0.15, -0.1) is 0 Å². The zero-order valence-electron chi connectivity index (χ0n) is 20.0. The van der Waals surface area contributed by atoms with E-state index in [1.807, 2.05) is 88.4 Å². The van der Waals surface area contributed by atoms with Gasteiger partial charge in [0.05, 0.1) is 0 Å². The van der Waals surface area contributed by atoms with Gasteiger partial charge < -0.3 is 20.4 Å². The van der Waals surface area contributed by atoms with Crippen molar-refractivity contribution in [3.05, 3.63) is 105 Å². The van der Waals surface area contributed by atoms with E-state index in [4.69, 9.17) is 0 Å². The summed E-state index contributed by atoms with van der Waals surface area (Å²) in [6, 6.07) is 19.1. The molecule has 4 aromatic rings. The summed E-state index contributed by atoms with van der Waals surface area (Å²) in [5, 5.41) is 42.8. The lowest BCUT2D eigenvalue weighted by atomic mass is 9.90. The average molecular weight is 455 g/mol. The van der Waals surface area contributed by atoms with Crippen LogP contribution < -0.4 is 0 Å². The number of aryl methyl sites for hydroxylation is 4. The highest BCUT2D eigenvalue weighted by Gasteiger charge is 2.20. The molecule has 174 valence electrons. The first-order chi connectivity index (χ1) is 16.2. The number of phenolic OH excluding ortho intramolecular Hbond substituents is 4. The maximum atomic E-state index is 11.3. The van der Waals surface area contributed by atoms with Crippen LogP contribution in [0.2, 0.25) is 0 Å². The van der Waals surface area contributed by atoms with Gasteiger partial charge in [-0.2, -0.15) is 0 Å². The third-order valence-electron chi connectivity index (χ3n) is 6.41. The molecule has 0 spiro atoms. The summed E-state index contributed by atoms with van der Waals surface area (Å²) in [6.45, 7) is 7.40. The van der Waals surface area contributed by atoms with E-state index in [9.17, 15) is 20.4 Å². The van der Waals surface area contributed by atoms with E-state index in [1.54, 1.807) is 0 Å². The minimum atomic E-state index is 0.0499. The lowest BCUT2D eigenvalue weighted by Gasteiger charge is -2.18. The van der Waals surface area contributed by atoms with Crippen molar-refractivity contribution in [3.63, 3.8) is 0 Å². The molecule has 4 N–H and O–H groups in total. The van der Waals surface area contributed by atoms with Crippen molar-refractivity contribution < 1.29 is 20.4 Å². The Hall–Kier alpha value is -3.92. The van der Waals surface area contributed by atoms with E-state index in [1.165, 1.54) is 0 Å². The lowest BCUT2D eigenvalue weighted by molar-refractivity contribution is 0.438. The number of hydrogen-bond donors (Lipinski definition) is 4. The van der Waals surface area contributed by atoms with Crippen LogP contribution in [0, 0.1) is 27.7 Å². The fourth-order valence-corrected chi connectivity index (χ4v) is 4.64. The van der Waals surface area contributed by atoms with E-state index in [-0.39, 0.29) is 23.0 Å². The van der Waals surface area contributed by atoms with Crippen molar-refractivity contribution in [2.24, 2.45) is 0 Å². The molecule has 0 radical (unpaired) electrons. The van der Waals surface area contributed by atoms with Gasteiger partial charge in [0.1, 0.15) is 23.0 Å². The number of hydrogen-bond acceptors (Lipinski definition) is 4. The lowest BCUT2D eigenvalue weighted by Crippen LogP contribution is -1.99.